The number of aliphatic hydroxyl groups excluding tert-OH is 2. The van der Waals surface area contributed by atoms with E-state index in [1.807, 2.05) is 0 Å². The van der Waals surface area contributed by atoms with Gasteiger partial charge in [-0.3, -0.25) is 0 Å². The SMILES string of the molecule is COc1cc([C@H](OC)[C@H](O)CO)ccc1O. The van der Waals surface area contributed by atoms with Crippen molar-refractivity contribution in [2.75, 3.05) is 20.8 Å². The summed E-state index contributed by atoms with van der Waals surface area (Å²) in [5.41, 5.74) is 0.624. The summed E-state index contributed by atoms with van der Waals surface area (Å²) in [6.07, 6.45) is -1.67. The Kier molecular flexibility index (Phi) is 4.54. The molecule has 1 aromatic rings. The van der Waals surface area contributed by atoms with Gasteiger partial charge in [0.2, 0.25) is 0 Å². The Morgan fingerprint density at radius 3 is 2.50 bits per heavy atom. The molecule has 0 aliphatic carbocycles. The van der Waals surface area contributed by atoms with Gasteiger partial charge < -0.3 is 24.8 Å². The molecule has 0 aliphatic rings. The standard InChI is InChI=1S/C11H16O5/c1-15-10-5-7(3-4-8(10)13)11(16-2)9(14)6-12/h3-5,9,11-14H,6H2,1-2H3/t9-,11+/m1/s1. The molecule has 5 nitrogen and oxygen atoms in total. The van der Waals surface area contributed by atoms with Crippen molar-refractivity contribution in [1.29, 1.82) is 0 Å². The zero-order valence-corrected chi connectivity index (χ0v) is 9.25. The van der Waals surface area contributed by atoms with Gasteiger partial charge in [0.25, 0.3) is 0 Å². The van der Waals surface area contributed by atoms with Crippen LogP contribution in [0.2, 0.25) is 0 Å². The molecule has 0 aromatic heterocycles. The summed E-state index contributed by atoms with van der Waals surface area (Å²) in [6, 6.07) is 4.61. The monoisotopic (exact) mass is 228 g/mol. The van der Waals surface area contributed by atoms with Gasteiger partial charge in [0.05, 0.1) is 13.7 Å². The molecule has 0 aliphatic heterocycles. The number of aliphatic hydroxyl groups is 2. The van der Waals surface area contributed by atoms with E-state index in [2.05, 4.69) is 0 Å². The van der Waals surface area contributed by atoms with E-state index in [4.69, 9.17) is 14.6 Å². The Hall–Kier alpha value is -1.30. The average molecular weight is 228 g/mol. The third-order valence-corrected chi connectivity index (χ3v) is 2.32. The van der Waals surface area contributed by atoms with Crippen LogP contribution in [-0.4, -0.2) is 42.3 Å². The lowest BCUT2D eigenvalue weighted by Gasteiger charge is -2.20. The number of ether oxygens (including phenoxy) is 2. The lowest BCUT2D eigenvalue weighted by atomic mass is 10.0. The average Bonchev–Trinajstić information content (AvgIpc) is 2.31. The van der Waals surface area contributed by atoms with E-state index in [0.717, 1.165) is 0 Å². The summed E-state index contributed by atoms with van der Waals surface area (Å²) < 4.78 is 10.0. The van der Waals surface area contributed by atoms with Crippen LogP contribution >= 0.6 is 0 Å². The quantitative estimate of drug-likeness (QED) is 0.681. The number of hydrogen-bond donors (Lipinski definition) is 3. The Balaban J connectivity index is 3.01. The van der Waals surface area contributed by atoms with Crippen molar-refractivity contribution in [3.05, 3.63) is 23.8 Å². The number of methoxy groups -OCH3 is 2. The summed E-state index contributed by atoms with van der Waals surface area (Å²) in [6.45, 7) is -0.401. The summed E-state index contributed by atoms with van der Waals surface area (Å²) in [7, 11) is 2.87. The lowest BCUT2D eigenvalue weighted by molar-refractivity contribution is -0.0393. The normalized spacial score (nSPS) is 14.5. The second-order valence-corrected chi connectivity index (χ2v) is 3.34. The van der Waals surface area contributed by atoms with Crippen LogP contribution in [0.15, 0.2) is 18.2 Å². The molecule has 0 heterocycles. The fourth-order valence-electron chi connectivity index (χ4n) is 1.48. The van der Waals surface area contributed by atoms with Gasteiger partial charge in [-0.15, -0.1) is 0 Å². The number of phenolic OH excluding ortho intramolecular Hbond substituents is 1. The van der Waals surface area contributed by atoms with Gasteiger partial charge in [0.1, 0.15) is 12.2 Å². The number of benzene rings is 1. The molecule has 0 unspecified atom stereocenters. The Bertz CT molecular complexity index is 339. The van der Waals surface area contributed by atoms with Crippen molar-refractivity contribution < 1.29 is 24.8 Å². The largest absolute Gasteiger partial charge is 0.504 e. The molecule has 3 N–H and O–H groups in total. The smallest absolute Gasteiger partial charge is 0.160 e. The van der Waals surface area contributed by atoms with Crippen molar-refractivity contribution in [3.8, 4) is 11.5 Å². The first kappa shape index (κ1) is 12.8. The van der Waals surface area contributed by atoms with Gasteiger partial charge >= 0.3 is 0 Å². The molecule has 90 valence electrons. The second kappa shape index (κ2) is 5.69. The first-order valence-electron chi connectivity index (χ1n) is 4.82. The van der Waals surface area contributed by atoms with Crippen LogP contribution in [0.1, 0.15) is 11.7 Å². The van der Waals surface area contributed by atoms with Crippen LogP contribution in [0.4, 0.5) is 0 Å². The van der Waals surface area contributed by atoms with Crippen molar-refractivity contribution in [2.45, 2.75) is 12.2 Å². The van der Waals surface area contributed by atoms with Crippen LogP contribution in [0.3, 0.4) is 0 Å². The van der Waals surface area contributed by atoms with Gasteiger partial charge in [0, 0.05) is 7.11 Å². The van der Waals surface area contributed by atoms with Gasteiger partial charge in [0.15, 0.2) is 11.5 Å². The van der Waals surface area contributed by atoms with Gasteiger partial charge in [-0.2, -0.15) is 0 Å². The molecule has 1 aromatic carbocycles. The summed E-state index contributed by atoms with van der Waals surface area (Å²) in [5, 5.41) is 27.8. The first-order valence-corrected chi connectivity index (χ1v) is 4.82. The van der Waals surface area contributed by atoms with Gasteiger partial charge in [-0.05, 0) is 17.7 Å². The highest BCUT2D eigenvalue weighted by Crippen LogP contribution is 2.31. The van der Waals surface area contributed by atoms with E-state index in [1.165, 1.54) is 20.3 Å². The molecular formula is C11H16O5. The zero-order chi connectivity index (χ0) is 12.1. The van der Waals surface area contributed by atoms with Gasteiger partial charge in [-0.1, -0.05) is 6.07 Å². The highest BCUT2D eigenvalue weighted by atomic mass is 16.5. The summed E-state index contributed by atoms with van der Waals surface area (Å²) in [5.74, 6) is 0.310. The number of aromatic hydroxyl groups is 1. The molecule has 0 spiro atoms. The first-order chi connectivity index (χ1) is 7.63. The predicted molar refractivity (Wildman–Crippen MR) is 57.5 cm³/mol. The van der Waals surface area contributed by atoms with E-state index < -0.39 is 18.8 Å². The molecule has 5 heteroatoms. The molecular weight excluding hydrogens is 212 g/mol. The van der Waals surface area contributed by atoms with Crippen LogP contribution in [0, 0.1) is 0 Å². The molecule has 0 saturated carbocycles. The third kappa shape index (κ3) is 2.63. The maximum Gasteiger partial charge on any atom is 0.160 e. The van der Waals surface area contributed by atoms with E-state index >= 15 is 0 Å². The third-order valence-electron chi connectivity index (χ3n) is 2.32. The van der Waals surface area contributed by atoms with Crippen molar-refractivity contribution >= 4 is 0 Å². The van der Waals surface area contributed by atoms with Crippen LogP contribution in [0.25, 0.3) is 0 Å². The molecule has 2 atom stereocenters. The fourth-order valence-corrected chi connectivity index (χ4v) is 1.48. The Morgan fingerprint density at radius 1 is 1.31 bits per heavy atom. The molecule has 0 fully saturated rings. The minimum Gasteiger partial charge on any atom is -0.504 e. The van der Waals surface area contributed by atoms with E-state index in [9.17, 15) is 10.2 Å². The van der Waals surface area contributed by atoms with E-state index in [0.29, 0.717) is 11.3 Å². The maximum absolute atomic E-state index is 9.53. The second-order valence-electron chi connectivity index (χ2n) is 3.34. The molecule has 0 amide bonds. The van der Waals surface area contributed by atoms with Crippen LogP contribution in [0.5, 0.6) is 11.5 Å². The Morgan fingerprint density at radius 2 is 2.00 bits per heavy atom. The number of hydrogen-bond acceptors (Lipinski definition) is 5. The molecule has 0 bridgehead atoms. The minimum absolute atomic E-state index is 0.0135. The predicted octanol–water partition coefficient (Wildman–Crippen LogP) is 0.441. The maximum atomic E-state index is 9.53. The van der Waals surface area contributed by atoms with E-state index in [-0.39, 0.29) is 5.75 Å². The van der Waals surface area contributed by atoms with Gasteiger partial charge in [-0.25, -0.2) is 0 Å². The summed E-state index contributed by atoms with van der Waals surface area (Å²) >= 11 is 0. The number of phenols is 1. The molecule has 16 heavy (non-hydrogen) atoms. The van der Waals surface area contributed by atoms with Crippen molar-refractivity contribution in [3.63, 3.8) is 0 Å². The highest BCUT2D eigenvalue weighted by Gasteiger charge is 2.21. The molecule has 0 radical (unpaired) electrons. The fraction of sp³-hybridized carbons (Fsp3) is 0.455. The topological polar surface area (TPSA) is 79.2 Å². The van der Waals surface area contributed by atoms with Crippen LogP contribution < -0.4 is 4.74 Å². The Labute approximate surface area is 93.9 Å². The zero-order valence-electron chi connectivity index (χ0n) is 9.25. The number of rotatable bonds is 5. The van der Waals surface area contributed by atoms with Crippen molar-refractivity contribution in [1.82, 2.24) is 0 Å². The summed E-state index contributed by atoms with van der Waals surface area (Å²) in [4.78, 5) is 0. The van der Waals surface area contributed by atoms with Crippen LogP contribution in [-0.2, 0) is 4.74 Å². The van der Waals surface area contributed by atoms with E-state index in [1.54, 1.807) is 12.1 Å². The molecule has 0 saturated heterocycles. The van der Waals surface area contributed by atoms with Crippen molar-refractivity contribution in [2.24, 2.45) is 0 Å². The minimum atomic E-state index is -1.01. The highest BCUT2D eigenvalue weighted by molar-refractivity contribution is 5.42. The lowest BCUT2D eigenvalue weighted by Crippen LogP contribution is -2.23. The molecule has 1 rings (SSSR count).